The fraction of sp³-hybridized carbons (Fsp3) is 0.150. The summed E-state index contributed by atoms with van der Waals surface area (Å²) in [4.78, 5) is 0. The quantitative estimate of drug-likeness (QED) is 0.0931. The summed E-state index contributed by atoms with van der Waals surface area (Å²) < 4.78 is 0. The van der Waals surface area contributed by atoms with Crippen molar-refractivity contribution in [1.82, 2.24) is 0 Å². The molecule has 0 heterocycles. The van der Waals surface area contributed by atoms with Crippen LogP contribution in [0.2, 0.25) is 0 Å². The number of hydrogen-bond donors (Lipinski definition) is 0. The molecule has 3 heteroatoms. The summed E-state index contributed by atoms with van der Waals surface area (Å²) >= 11 is 0. The van der Waals surface area contributed by atoms with E-state index in [1.165, 1.54) is 54.3 Å². The van der Waals surface area contributed by atoms with Crippen LogP contribution < -0.4 is 26.5 Å². The standard InChI is InChI=1S/C35H35P2.C5H5.Fe/c1-25-19-26(2)22-32(21-25)36(33-23-27(3)20-28(4)24-33)29(5)34-17-12-18-35(34)37(30-13-8-6-9-14-30)31-15-10-7-11-16-31;1-2-4-5-3-1;/h6-24,29H,1-5H3;1-5H;/q2*-1;+2/t29-;;/m1../s1. The Bertz CT molecular complexity index is 1540. The zero-order valence-corrected chi connectivity index (χ0v) is 28.6. The van der Waals surface area contributed by atoms with Gasteiger partial charge in [-0.15, -0.1) is 5.30 Å². The van der Waals surface area contributed by atoms with Crippen LogP contribution in [0.1, 0.15) is 40.4 Å². The molecular formula is C40H40FeP2. The van der Waals surface area contributed by atoms with Crippen molar-refractivity contribution in [3.8, 4) is 0 Å². The van der Waals surface area contributed by atoms with Gasteiger partial charge in [-0.3, -0.25) is 0 Å². The zero-order chi connectivity index (χ0) is 29.5. The van der Waals surface area contributed by atoms with Gasteiger partial charge in [-0.1, -0.05) is 126 Å². The van der Waals surface area contributed by atoms with Crippen LogP contribution in [0, 0.1) is 27.7 Å². The van der Waals surface area contributed by atoms with Gasteiger partial charge < -0.3 is 0 Å². The van der Waals surface area contributed by atoms with Crippen molar-refractivity contribution in [1.29, 1.82) is 0 Å². The van der Waals surface area contributed by atoms with E-state index < -0.39 is 15.8 Å². The summed E-state index contributed by atoms with van der Waals surface area (Å²) in [6.45, 7) is 11.4. The van der Waals surface area contributed by atoms with Gasteiger partial charge in [-0.25, -0.2) is 18.2 Å². The van der Waals surface area contributed by atoms with Crippen LogP contribution in [-0.4, -0.2) is 0 Å². The van der Waals surface area contributed by atoms with Crippen LogP contribution in [0.25, 0.3) is 0 Å². The van der Waals surface area contributed by atoms with E-state index >= 15 is 0 Å². The Kier molecular flexibility index (Phi) is 11.9. The van der Waals surface area contributed by atoms with Crippen LogP contribution in [0.15, 0.2) is 146 Å². The predicted molar refractivity (Wildman–Crippen MR) is 189 cm³/mol. The fourth-order valence-corrected chi connectivity index (χ4v) is 11.5. The molecule has 0 fully saturated rings. The third kappa shape index (κ3) is 8.32. The average molecular weight is 639 g/mol. The van der Waals surface area contributed by atoms with Gasteiger partial charge >= 0.3 is 17.1 Å². The molecule has 0 aliphatic rings. The summed E-state index contributed by atoms with van der Waals surface area (Å²) in [5.74, 6) is 0. The molecule has 0 spiro atoms. The van der Waals surface area contributed by atoms with Crippen molar-refractivity contribution in [2.45, 2.75) is 40.3 Å². The molecule has 218 valence electrons. The summed E-state index contributed by atoms with van der Waals surface area (Å²) in [7, 11) is -1.24. The van der Waals surface area contributed by atoms with E-state index in [9.17, 15) is 0 Å². The number of hydrogen-bond acceptors (Lipinski definition) is 0. The summed E-state index contributed by atoms with van der Waals surface area (Å²) in [6.07, 6.45) is 0. The molecule has 0 bridgehead atoms. The summed E-state index contributed by atoms with van der Waals surface area (Å²) in [5, 5.41) is 7.25. The van der Waals surface area contributed by atoms with Crippen LogP contribution in [0.5, 0.6) is 0 Å². The van der Waals surface area contributed by atoms with Crippen molar-refractivity contribution in [3.63, 3.8) is 0 Å². The third-order valence-electron chi connectivity index (χ3n) is 7.46. The molecule has 0 aromatic heterocycles. The molecule has 6 aromatic rings. The fourth-order valence-electron chi connectivity index (χ4n) is 5.80. The Morgan fingerprint density at radius 1 is 0.512 bits per heavy atom. The minimum Gasteiger partial charge on any atom is -0.214 e. The molecule has 0 aliphatic carbocycles. The maximum atomic E-state index is 2.46. The zero-order valence-electron chi connectivity index (χ0n) is 25.7. The van der Waals surface area contributed by atoms with E-state index in [0.717, 1.165) is 0 Å². The Balaban J connectivity index is 0.000000641. The Morgan fingerprint density at radius 2 is 0.953 bits per heavy atom. The molecule has 0 radical (unpaired) electrons. The predicted octanol–water partition coefficient (Wildman–Crippen LogP) is 8.99. The van der Waals surface area contributed by atoms with E-state index in [2.05, 4.69) is 150 Å². The van der Waals surface area contributed by atoms with Gasteiger partial charge in [0.1, 0.15) is 0 Å². The maximum absolute atomic E-state index is 2.46. The van der Waals surface area contributed by atoms with E-state index in [1.54, 1.807) is 0 Å². The first-order valence-corrected chi connectivity index (χ1v) is 17.4. The van der Waals surface area contributed by atoms with Crippen LogP contribution in [0.4, 0.5) is 0 Å². The molecule has 0 saturated carbocycles. The van der Waals surface area contributed by atoms with Crippen molar-refractivity contribution in [3.05, 3.63) is 173 Å². The van der Waals surface area contributed by atoms with Gasteiger partial charge in [0.05, 0.1) is 0 Å². The molecule has 0 N–H and O–H groups in total. The monoisotopic (exact) mass is 638 g/mol. The van der Waals surface area contributed by atoms with Gasteiger partial charge in [0.2, 0.25) is 0 Å². The molecule has 6 rings (SSSR count). The van der Waals surface area contributed by atoms with E-state index in [0.29, 0.717) is 5.66 Å². The first-order valence-electron chi connectivity index (χ1n) is 14.7. The SMILES string of the molecule is Cc1cc(C)cc(P(c2cc(C)cc(C)c2)[C@H](C)c2cc[cH-]c2P(c2ccccc2)c2ccccc2)c1.[Fe+2].c1cc[cH-]c1. The topological polar surface area (TPSA) is 0 Å². The number of benzene rings is 4. The van der Waals surface area contributed by atoms with Crippen molar-refractivity contribution >= 4 is 42.4 Å². The summed E-state index contributed by atoms with van der Waals surface area (Å²) in [5.41, 5.74) is 7.26. The molecule has 43 heavy (non-hydrogen) atoms. The minimum absolute atomic E-state index is 0. The molecule has 0 nitrogen and oxygen atoms in total. The minimum atomic E-state index is -0.639. The van der Waals surface area contributed by atoms with Crippen molar-refractivity contribution < 1.29 is 17.1 Å². The van der Waals surface area contributed by atoms with Crippen LogP contribution >= 0.6 is 15.8 Å². The van der Waals surface area contributed by atoms with Gasteiger partial charge in [0.15, 0.2) is 0 Å². The Hall–Kier alpha value is -3.04. The Labute approximate surface area is 271 Å². The number of aryl methyl sites for hydroxylation is 4. The molecule has 0 unspecified atom stereocenters. The Morgan fingerprint density at radius 3 is 1.35 bits per heavy atom. The van der Waals surface area contributed by atoms with Crippen molar-refractivity contribution in [2.24, 2.45) is 0 Å². The van der Waals surface area contributed by atoms with E-state index in [1.807, 2.05) is 30.3 Å². The van der Waals surface area contributed by atoms with E-state index in [4.69, 9.17) is 0 Å². The first-order chi connectivity index (χ1) is 20.4. The second-order valence-corrected chi connectivity index (χ2v) is 15.8. The van der Waals surface area contributed by atoms with Crippen LogP contribution in [0.3, 0.4) is 0 Å². The first kappa shape index (κ1) is 32.9. The smallest absolute Gasteiger partial charge is 0.214 e. The maximum Gasteiger partial charge on any atom is 2.00 e. The average Bonchev–Trinajstić information content (AvgIpc) is 3.70. The molecule has 1 atom stereocenters. The van der Waals surface area contributed by atoms with Crippen LogP contribution in [-0.2, 0) is 17.1 Å². The summed E-state index contributed by atoms with van der Waals surface area (Å²) in [6, 6.07) is 53.5. The largest absolute Gasteiger partial charge is 2.00 e. The number of rotatable bonds is 7. The van der Waals surface area contributed by atoms with Gasteiger partial charge in [0, 0.05) is 0 Å². The second kappa shape index (κ2) is 15.6. The molecule has 0 aliphatic heterocycles. The molecule has 6 aromatic carbocycles. The molecule has 0 amide bonds. The second-order valence-electron chi connectivity index (χ2n) is 11.1. The molecule has 0 saturated heterocycles. The molecular weight excluding hydrogens is 598 g/mol. The normalized spacial score (nSPS) is 11.5. The van der Waals surface area contributed by atoms with Gasteiger partial charge in [0.25, 0.3) is 0 Å². The van der Waals surface area contributed by atoms with Crippen molar-refractivity contribution in [2.75, 3.05) is 0 Å². The van der Waals surface area contributed by atoms with Gasteiger partial charge in [-0.2, -0.15) is 35.9 Å². The van der Waals surface area contributed by atoms with E-state index in [-0.39, 0.29) is 17.1 Å². The third-order valence-corrected chi connectivity index (χ3v) is 12.7. The van der Waals surface area contributed by atoms with Gasteiger partial charge in [-0.05, 0) is 70.4 Å².